The third kappa shape index (κ3) is 3.23. The zero-order valence-corrected chi connectivity index (χ0v) is 11.4. The first-order valence-corrected chi connectivity index (χ1v) is 6.45. The molecule has 5 nitrogen and oxygen atoms in total. The van der Waals surface area contributed by atoms with Crippen molar-refractivity contribution >= 4 is 17.4 Å². The topological polar surface area (TPSA) is 81.8 Å². The second-order valence-electron chi connectivity index (χ2n) is 4.05. The summed E-state index contributed by atoms with van der Waals surface area (Å²) in [5.74, 6) is 0.244. The van der Waals surface area contributed by atoms with Crippen molar-refractivity contribution in [2.45, 2.75) is 5.92 Å². The van der Waals surface area contributed by atoms with E-state index >= 15 is 0 Å². The maximum absolute atomic E-state index is 9.35. The molecular weight excluding hydrogens is 276 g/mol. The molecule has 20 heavy (non-hydrogen) atoms. The lowest BCUT2D eigenvalue weighted by molar-refractivity contribution is 0.311. The third-order valence-corrected chi connectivity index (χ3v) is 2.96. The fourth-order valence-electron chi connectivity index (χ4n) is 1.74. The number of anilines is 1. The Bertz CT molecular complexity index is 612. The number of nitrogens with zero attached hydrogens (tertiary/aromatic N) is 3. The summed E-state index contributed by atoms with van der Waals surface area (Å²) >= 11 is 5.97. The summed E-state index contributed by atoms with van der Waals surface area (Å²) in [5, 5.41) is 21.4. The van der Waals surface area contributed by atoms with Crippen LogP contribution in [0.2, 0.25) is 5.02 Å². The maximum atomic E-state index is 9.35. The summed E-state index contributed by atoms with van der Waals surface area (Å²) in [7, 11) is 0. The van der Waals surface area contributed by atoms with E-state index in [1.807, 2.05) is 30.3 Å². The summed E-state index contributed by atoms with van der Waals surface area (Å²) in [5.41, 5.74) is 0.824. The van der Waals surface area contributed by atoms with E-state index in [4.69, 9.17) is 16.7 Å². The van der Waals surface area contributed by atoms with Crippen molar-refractivity contribution in [3.05, 3.63) is 52.9 Å². The van der Waals surface area contributed by atoms with Gasteiger partial charge in [-0.25, -0.2) is 9.97 Å². The second kappa shape index (κ2) is 6.85. The molecule has 0 aliphatic carbocycles. The van der Waals surface area contributed by atoms with Gasteiger partial charge in [-0.1, -0.05) is 41.9 Å². The van der Waals surface area contributed by atoms with Crippen LogP contribution in [0.4, 0.5) is 5.82 Å². The number of nitrogens with one attached hydrogen (secondary N) is 1. The molecule has 0 aliphatic heterocycles. The van der Waals surface area contributed by atoms with Crippen LogP contribution in [0.5, 0.6) is 0 Å². The SMILES string of the molecule is N#C[C@H](c1ccccc1)c1ncc(Cl)c(NCCO)n1. The molecule has 0 saturated heterocycles. The monoisotopic (exact) mass is 288 g/mol. The highest BCUT2D eigenvalue weighted by atomic mass is 35.5. The molecule has 2 aromatic rings. The normalized spacial score (nSPS) is 11.7. The van der Waals surface area contributed by atoms with E-state index in [0.29, 0.717) is 23.2 Å². The first-order valence-electron chi connectivity index (χ1n) is 6.08. The number of benzene rings is 1. The lowest BCUT2D eigenvalue weighted by Crippen LogP contribution is -2.11. The Balaban J connectivity index is 2.34. The van der Waals surface area contributed by atoms with Crippen LogP contribution >= 0.6 is 11.6 Å². The molecule has 0 bridgehead atoms. The van der Waals surface area contributed by atoms with Gasteiger partial charge in [0, 0.05) is 6.54 Å². The molecule has 6 heteroatoms. The van der Waals surface area contributed by atoms with Crippen LogP contribution in [0.15, 0.2) is 36.5 Å². The van der Waals surface area contributed by atoms with Gasteiger partial charge in [0.25, 0.3) is 0 Å². The number of rotatable bonds is 5. The summed E-state index contributed by atoms with van der Waals surface area (Å²) in [6.45, 7) is 0.300. The van der Waals surface area contributed by atoms with Gasteiger partial charge < -0.3 is 10.4 Å². The summed E-state index contributed by atoms with van der Waals surface area (Å²) in [6.07, 6.45) is 1.46. The van der Waals surface area contributed by atoms with Crippen molar-refractivity contribution in [1.82, 2.24) is 9.97 Å². The Morgan fingerprint density at radius 3 is 2.75 bits per heavy atom. The van der Waals surface area contributed by atoms with Crippen LogP contribution < -0.4 is 5.32 Å². The van der Waals surface area contributed by atoms with Crippen molar-refractivity contribution in [2.24, 2.45) is 0 Å². The Morgan fingerprint density at radius 1 is 1.35 bits per heavy atom. The average Bonchev–Trinajstić information content (AvgIpc) is 2.49. The number of hydrogen-bond donors (Lipinski definition) is 2. The first-order chi connectivity index (χ1) is 9.76. The molecule has 2 rings (SSSR count). The maximum Gasteiger partial charge on any atom is 0.152 e. The average molecular weight is 289 g/mol. The molecule has 0 aliphatic rings. The minimum absolute atomic E-state index is 0.0317. The molecule has 102 valence electrons. The minimum atomic E-state index is -0.553. The largest absolute Gasteiger partial charge is 0.395 e. The van der Waals surface area contributed by atoms with Gasteiger partial charge in [0.15, 0.2) is 5.82 Å². The van der Waals surface area contributed by atoms with E-state index in [-0.39, 0.29) is 6.61 Å². The molecule has 1 atom stereocenters. The van der Waals surface area contributed by atoms with Gasteiger partial charge in [-0.2, -0.15) is 5.26 Å². The van der Waals surface area contributed by atoms with Crippen LogP contribution in [0.1, 0.15) is 17.3 Å². The van der Waals surface area contributed by atoms with Gasteiger partial charge in [-0.15, -0.1) is 0 Å². The number of halogens is 1. The van der Waals surface area contributed by atoms with E-state index in [0.717, 1.165) is 5.56 Å². The lowest BCUT2D eigenvalue weighted by atomic mass is 10.00. The van der Waals surface area contributed by atoms with Gasteiger partial charge in [-0.3, -0.25) is 0 Å². The van der Waals surface area contributed by atoms with Crippen LogP contribution in [0.25, 0.3) is 0 Å². The molecule has 0 fully saturated rings. The van der Waals surface area contributed by atoms with Crippen LogP contribution in [-0.4, -0.2) is 28.2 Å². The number of aliphatic hydroxyl groups is 1. The number of hydrogen-bond acceptors (Lipinski definition) is 5. The standard InChI is InChI=1S/C14H13ClN4O/c15-12-9-18-13(19-14(12)17-6-7-20)11(8-16)10-4-2-1-3-5-10/h1-5,9,11,20H,6-7H2,(H,17,18,19)/t11-/m1/s1. The molecule has 0 spiro atoms. The van der Waals surface area contributed by atoms with Gasteiger partial charge >= 0.3 is 0 Å². The fraction of sp³-hybridized carbons (Fsp3) is 0.214. The highest BCUT2D eigenvalue weighted by Crippen LogP contribution is 2.24. The molecule has 0 saturated carbocycles. The Hall–Kier alpha value is -2.16. The molecular formula is C14H13ClN4O. The Kier molecular flexibility index (Phi) is 4.88. The third-order valence-electron chi connectivity index (χ3n) is 2.69. The molecule has 0 amide bonds. The van der Waals surface area contributed by atoms with Crippen LogP contribution in [0.3, 0.4) is 0 Å². The Morgan fingerprint density at radius 2 is 2.10 bits per heavy atom. The zero-order chi connectivity index (χ0) is 14.4. The number of nitriles is 1. The number of aromatic nitrogens is 2. The smallest absolute Gasteiger partial charge is 0.152 e. The number of aliphatic hydroxyl groups excluding tert-OH is 1. The molecule has 0 unspecified atom stereocenters. The molecule has 1 aromatic heterocycles. The molecule has 0 radical (unpaired) electrons. The predicted molar refractivity (Wildman–Crippen MR) is 76.5 cm³/mol. The predicted octanol–water partition coefficient (Wildman–Crippen LogP) is 2.19. The summed E-state index contributed by atoms with van der Waals surface area (Å²) in [6, 6.07) is 11.5. The molecule has 1 aromatic carbocycles. The van der Waals surface area contributed by atoms with Crippen molar-refractivity contribution in [3.63, 3.8) is 0 Å². The first kappa shape index (κ1) is 14.3. The van der Waals surface area contributed by atoms with Gasteiger partial charge in [0.2, 0.25) is 0 Å². The van der Waals surface area contributed by atoms with Crippen molar-refractivity contribution in [1.29, 1.82) is 5.26 Å². The highest BCUT2D eigenvalue weighted by molar-refractivity contribution is 6.32. The van der Waals surface area contributed by atoms with E-state index < -0.39 is 5.92 Å². The van der Waals surface area contributed by atoms with E-state index in [1.54, 1.807) is 0 Å². The second-order valence-corrected chi connectivity index (χ2v) is 4.46. The van der Waals surface area contributed by atoms with Crippen LogP contribution in [0, 0.1) is 11.3 Å². The highest BCUT2D eigenvalue weighted by Gasteiger charge is 2.17. The van der Waals surface area contributed by atoms with Crippen molar-refractivity contribution in [3.8, 4) is 6.07 Å². The van der Waals surface area contributed by atoms with Crippen LogP contribution in [-0.2, 0) is 0 Å². The minimum Gasteiger partial charge on any atom is -0.395 e. The molecule has 1 heterocycles. The van der Waals surface area contributed by atoms with Gasteiger partial charge in [-0.05, 0) is 5.56 Å². The quantitative estimate of drug-likeness (QED) is 0.881. The lowest BCUT2D eigenvalue weighted by Gasteiger charge is -2.11. The molecule has 2 N–H and O–H groups in total. The fourth-order valence-corrected chi connectivity index (χ4v) is 1.90. The van der Waals surface area contributed by atoms with E-state index in [1.165, 1.54) is 6.20 Å². The van der Waals surface area contributed by atoms with Crippen molar-refractivity contribution < 1.29 is 5.11 Å². The zero-order valence-electron chi connectivity index (χ0n) is 10.6. The Labute approximate surface area is 121 Å². The van der Waals surface area contributed by atoms with E-state index in [2.05, 4.69) is 21.4 Å². The van der Waals surface area contributed by atoms with Gasteiger partial charge in [0.05, 0.1) is 18.9 Å². The summed E-state index contributed by atoms with van der Waals surface area (Å²) < 4.78 is 0. The summed E-state index contributed by atoms with van der Waals surface area (Å²) in [4.78, 5) is 8.40. The van der Waals surface area contributed by atoms with Crippen molar-refractivity contribution in [2.75, 3.05) is 18.5 Å². The van der Waals surface area contributed by atoms with Gasteiger partial charge in [0.1, 0.15) is 16.8 Å². The van der Waals surface area contributed by atoms with E-state index in [9.17, 15) is 5.26 Å².